The van der Waals surface area contributed by atoms with Crippen molar-refractivity contribution < 1.29 is 14.4 Å². The molecule has 0 bridgehead atoms. The summed E-state index contributed by atoms with van der Waals surface area (Å²) in [7, 11) is 0. The van der Waals surface area contributed by atoms with Crippen LogP contribution in [0.1, 0.15) is 129 Å². The standard InChI is InChI=1S/C16H23NO.C12H19N.C4H6O2/c1-10(2)14-8-7-9-15(11(3)4)16(14)17-12(5)13(6)18;1-8(2)10-6-5-7-11(9(3)4)12(10)13;1-3(5)4(2)6/h7-11H,1-6H3;5-9H,13H2,1-4H3;1-2H3. The second-order valence-electron chi connectivity index (χ2n) is 10.6. The molecule has 0 aliphatic rings. The summed E-state index contributed by atoms with van der Waals surface area (Å²) in [6.07, 6.45) is 0. The van der Waals surface area contributed by atoms with E-state index in [0.29, 0.717) is 29.4 Å². The number of carbonyl (C=O) groups excluding carboxylic acids is 3. The summed E-state index contributed by atoms with van der Waals surface area (Å²) in [6.45, 7) is 23.2. The van der Waals surface area contributed by atoms with Crippen LogP contribution in [0.2, 0.25) is 0 Å². The van der Waals surface area contributed by atoms with Crippen molar-refractivity contribution in [3.8, 4) is 0 Å². The summed E-state index contributed by atoms with van der Waals surface area (Å²) >= 11 is 0. The third-order valence-electron chi connectivity index (χ3n) is 6.04. The molecule has 5 heteroatoms. The third kappa shape index (κ3) is 11.2. The fraction of sp³-hybridized carbons (Fsp3) is 0.500. The number of ketones is 3. The molecule has 37 heavy (non-hydrogen) atoms. The molecule has 204 valence electrons. The van der Waals surface area contributed by atoms with Crippen molar-refractivity contribution >= 4 is 34.4 Å². The molecule has 5 nitrogen and oxygen atoms in total. The number of nitrogens with zero attached hydrogens (tertiary/aromatic N) is 1. The van der Waals surface area contributed by atoms with E-state index in [0.717, 1.165) is 11.4 Å². The predicted molar refractivity (Wildman–Crippen MR) is 158 cm³/mol. The van der Waals surface area contributed by atoms with Crippen LogP contribution in [0.3, 0.4) is 0 Å². The maximum atomic E-state index is 11.4. The van der Waals surface area contributed by atoms with E-state index in [1.54, 1.807) is 13.8 Å². The molecule has 0 aromatic heterocycles. The van der Waals surface area contributed by atoms with Gasteiger partial charge in [-0.05, 0) is 52.8 Å². The number of Topliss-reactive ketones (excluding diaryl/α,β-unsaturated/α-hetero) is 3. The monoisotopic (exact) mass is 508 g/mol. The zero-order valence-corrected chi connectivity index (χ0v) is 25.0. The van der Waals surface area contributed by atoms with Crippen LogP contribution in [0.4, 0.5) is 11.4 Å². The molecule has 2 aromatic rings. The van der Waals surface area contributed by atoms with E-state index in [2.05, 4.69) is 96.8 Å². The summed E-state index contributed by atoms with van der Waals surface area (Å²) in [5.41, 5.74) is 13.6. The summed E-state index contributed by atoms with van der Waals surface area (Å²) < 4.78 is 0. The first-order valence-electron chi connectivity index (χ1n) is 13.1. The van der Waals surface area contributed by atoms with Crippen molar-refractivity contribution in [1.82, 2.24) is 0 Å². The van der Waals surface area contributed by atoms with Crippen molar-refractivity contribution in [2.45, 2.75) is 107 Å². The Labute approximate surface area is 225 Å². The highest BCUT2D eigenvalue weighted by molar-refractivity contribution is 6.38. The number of carbonyl (C=O) groups is 3. The lowest BCUT2D eigenvalue weighted by molar-refractivity contribution is -0.134. The number of rotatable bonds is 7. The van der Waals surface area contributed by atoms with E-state index in [1.807, 2.05) is 0 Å². The van der Waals surface area contributed by atoms with Crippen LogP contribution in [0.15, 0.2) is 41.4 Å². The molecular formula is C32H48N2O3. The van der Waals surface area contributed by atoms with Gasteiger partial charge < -0.3 is 5.73 Å². The Balaban J connectivity index is 0.000000594. The van der Waals surface area contributed by atoms with Crippen LogP contribution in [0, 0.1) is 0 Å². The van der Waals surface area contributed by atoms with Crippen LogP contribution >= 0.6 is 0 Å². The number of nitrogen functional groups attached to an aromatic ring is 1. The second kappa shape index (κ2) is 15.9. The molecule has 0 radical (unpaired) electrons. The van der Waals surface area contributed by atoms with Crippen LogP contribution in [-0.4, -0.2) is 23.1 Å². The molecule has 0 spiro atoms. The topological polar surface area (TPSA) is 89.6 Å². The fourth-order valence-corrected chi connectivity index (χ4v) is 3.50. The number of para-hydroxylation sites is 2. The molecule has 0 aliphatic carbocycles. The Kier molecular flexibility index (Phi) is 14.6. The molecule has 0 heterocycles. The van der Waals surface area contributed by atoms with Gasteiger partial charge in [0.15, 0.2) is 17.3 Å². The first-order valence-corrected chi connectivity index (χ1v) is 13.1. The maximum absolute atomic E-state index is 11.4. The number of anilines is 1. The molecule has 0 atom stereocenters. The number of aliphatic imine (C=N–C) groups is 1. The largest absolute Gasteiger partial charge is 0.398 e. The summed E-state index contributed by atoms with van der Waals surface area (Å²) in [5, 5.41) is 0. The minimum atomic E-state index is -0.380. The van der Waals surface area contributed by atoms with Gasteiger partial charge in [-0.2, -0.15) is 0 Å². The molecule has 0 aliphatic heterocycles. The van der Waals surface area contributed by atoms with Crippen LogP contribution in [-0.2, 0) is 14.4 Å². The molecule has 2 rings (SSSR count). The number of hydrogen-bond donors (Lipinski definition) is 1. The number of benzene rings is 2. The zero-order chi connectivity index (χ0) is 29.0. The van der Waals surface area contributed by atoms with E-state index in [-0.39, 0.29) is 17.3 Å². The molecule has 0 amide bonds. The minimum absolute atomic E-state index is 0.0308. The molecule has 0 fully saturated rings. The van der Waals surface area contributed by atoms with Crippen molar-refractivity contribution in [1.29, 1.82) is 0 Å². The maximum Gasteiger partial charge on any atom is 0.195 e. The van der Waals surface area contributed by atoms with E-state index in [4.69, 9.17) is 5.73 Å². The molecule has 2 N–H and O–H groups in total. The first-order chi connectivity index (χ1) is 17.0. The van der Waals surface area contributed by atoms with Gasteiger partial charge in [0.05, 0.1) is 11.4 Å². The van der Waals surface area contributed by atoms with Crippen molar-refractivity contribution in [3.05, 3.63) is 58.7 Å². The summed E-state index contributed by atoms with van der Waals surface area (Å²) in [6, 6.07) is 12.6. The van der Waals surface area contributed by atoms with Gasteiger partial charge in [0, 0.05) is 26.5 Å². The predicted octanol–water partition coefficient (Wildman–Crippen LogP) is 8.29. The smallest absolute Gasteiger partial charge is 0.195 e. The van der Waals surface area contributed by atoms with Crippen LogP contribution in [0.5, 0.6) is 0 Å². The van der Waals surface area contributed by atoms with E-state index >= 15 is 0 Å². The molecular weight excluding hydrogens is 460 g/mol. The van der Waals surface area contributed by atoms with Gasteiger partial charge in [-0.3, -0.25) is 14.4 Å². The highest BCUT2D eigenvalue weighted by atomic mass is 16.2. The van der Waals surface area contributed by atoms with Gasteiger partial charge in [0.1, 0.15) is 0 Å². The summed E-state index contributed by atoms with van der Waals surface area (Å²) in [5.74, 6) is 1.11. The van der Waals surface area contributed by atoms with Gasteiger partial charge >= 0.3 is 0 Å². The van der Waals surface area contributed by atoms with Crippen LogP contribution in [0.25, 0.3) is 0 Å². The van der Waals surface area contributed by atoms with Crippen LogP contribution < -0.4 is 5.73 Å². The van der Waals surface area contributed by atoms with Gasteiger partial charge in [-0.15, -0.1) is 0 Å². The Morgan fingerprint density at radius 1 is 0.568 bits per heavy atom. The Morgan fingerprint density at radius 3 is 1.11 bits per heavy atom. The first kappa shape index (κ1) is 33.9. The van der Waals surface area contributed by atoms with E-state index in [1.165, 1.54) is 36.1 Å². The average molecular weight is 509 g/mol. The lowest BCUT2D eigenvalue weighted by Crippen LogP contribution is -2.05. The molecule has 2 aromatic carbocycles. The highest BCUT2D eigenvalue weighted by Gasteiger charge is 2.14. The molecule has 0 unspecified atom stereocenters. The number of nitrogens with two attached hydrogens (primary N) is 1. The zero-order valence-electron chi connectivity index (χ0n) is 25.0. The lowest BCUT2D eigenvalue weighted by Gasteiger charge is -2.16. The van der Waals surface area contributed by atoms with Gasteiger partial charge in [-0.1, -0.05) is 91.8 Å². The number of hydrogen-bond acceptors (Lipinski definition) is 5. The Hall–Kier alpha value is -3.08. The van der Waals surface area contributed by atoms with Gasteiger partial charge in [-0.25, -0.2) is 4.99 Å². The van der Waals surface area contributed by atoms with E-state index in [9.17, 15) is 14.4 Å². The van der Waals surface area contributed by atoms with Crippen molar-refractivity contribution in [2.75, 3.05) is 5.73 Å². The average Bonchev–Trinajstić information content (AvgIpc) is 2.79. The van der Waals surface area contributed by atoms with E-state index < -0.39 is 0 Å². The molecule has 0 saturated heterocycles. The van der Waals surface area contributed by atoms with Gasteiger partial charge in [0.2, 0.25) is 0 Å². The second-order valence-corrected chi connectivity index (χ2v) is 10.6. The fourth-order valence-electron chi connectivity index (χ4n) is 3.50. The Bertz CT molecular complexity index is 1030. The lowest BCUT2D eigenvalue weighted by atomic mass is 9.93. The Morgan fingerprint density at radius 2 is 0.865 bits per heavy atom. The third-order valence-corrected chi connectivity index (χ3v) is 6.04. The summed E-state index contributed by atoms with van der Waals surface area (Å²) in [4.78, 5) is 35.5. The quantitative estimate of drug-likeness (QED) is 0.231. The van der Waals surface area contributed by atoms with Crippen molar-refractivity contribution in [3.63, 3.8) is 0 Å². The van der Waals surface area contributed by atoms with Crippen molar-refractivity contribution in [2.24, 2.45) is 4.99 Å². The minimum Gasteiger partial charge on any atom is -0.398 e. The highest BCUT2D eigenvalue weighted by Crippen LogP contribution is 2.35. The molecule has 0 saturated carbocycles. The SMILES string of the molecule is CC(=O)C(C)=Nc1c(C(C)C)cccc1C(C)C.CC(=O)C(C)=O.CC(C)c1cccc(C(C)C)c1N. The normalized spacial score (nSPS) is 11.2. The van der Waals surface area contributed by atoms with Gasteiger partial charge in [0.25, 0.3) is 0 Å².